The number of rotatable bonds is 7. The van der Waals surface area contributed by atoms with Gasteiger partial charge in [-0.1, -0.05) is 24.3 Å². The number of likely N-dealkylation sites (N-methyl/N-ethyl adjacent to an activating group) is 1. The molecule has 4 rings (SSSR count). The summed E-state index contributed by atoms with van der Waals surface area (Å²) >= 11 is 0. The smallest absolute Gasteiger partial charge is 0.191 e. The summed E-state index contributed by atoms with van der Waals surface area (Å²) in [4.78, 5) is 12.4. The average Bonchev–Trinajstić information content (AvgIpc) is 3.20. The number of piperazine rings is 1. The van der Waals surface area contributed by atoms with Crippen molar-refractivity contribution in [2.45, 2.75) is 19.5 Å². The Balaban J connectivity index is 0.00000306. The first-order chi connectivity index (χ1) is 15.6. The molecule has 178 valence electrons. The maximum atomic E-state index is 13.4. The number of nitrogens with one attached hydrogen (secondary N) is 3. The van der Waals surface area contributed by atoms with Gasteiger partial charge < -0.3 is 20.5 Å². The number of aromatic nitrogens is 1. The minimum absolute atomic E-state index is 0. The highest BCUT2D eigenvalue weighted by Crippen LogP contribution is 2.19. The van der Waals surface area contributed by atoms with Gasteiger partial charge in [-0.3, -0.25) is 9.89 Å². The monoisotopic (exact) mass is 564 g/mol. The third kappa shape index (κ3) is 7.15. The summed E-state index contributed by atoms with van der Waals surface area (Å²) in [6, 6.07) is 13.7. The van der Waals surface area contributed by atoms with Crippen LogP contribution in [-0.4, -0.2) is 67.6 Å². The predicted octanol–water partition coefficient (Wildman–Crippen LogP) is 3.58. The van der Waals surface area contributed by atoms with Crippen molar-refractivity contribution in [2.75, 3.05) is 46.8 Å². The molecule has 2 aromatic carbocycles. The maximum Gasteiger partial charge on any atom is 0.191 e. The third-order valence-electron chi connectivity index (χ3n) is 6.12. The quantitative estimate of drug-likeness (QED) is 0.234. The van der Waals surface area contributed by atoms with E-state index in [4.69, 9.17) is 0 Å². The Hall–Kier alpha value is -2.17. The third-order valence-corrected chi connectivity index (χ3v) is 6.12. The van der Waals surface area contributed by atoms with E-state index in [0.29, 0.717) is 0 Å². The molecule has 8 heteroatoms. The van der Waals surface area contributed by atoms with Gasteiger partial charge in [-0.2, -0.15) is 0 Å². The van der Waals surface area contributed by atoms with E-state index in [0.717, 1.165) is 69.1 Å². The number of aliphatic imine (C=N–C) groups is 1. The summed E-state index contributed by atoms with van der Waals surface area (Å²) in [5, 5.41) is 7.81. The van der Waals surface area contributed by atoms with Crippen molar-refractivity contribution in [1.82, 2.24) is 25.4 Å². The Kier molecular flexibility index (Phi) is 9.52. The molecule has 0 bridgehead atoms. The van der Waals surface area contributed by atoms with E-state index in [9.17, 15) is 4.39 Å². The van der Waals surface area contributed by atoms with E-state index in [2.05, 4.69) is 61.7 Å². The maximum absolute atomic E-state index is 13.4. The van der Waals surface area contributed by atoms with Crippen molar-refractivity contribution < 1.29 is 4.39 Å². The van der Waals surface area contributed by atoms with Crippen LogP contribution in [0.5, 0.6) is 0 Å². The van der Waals surface area contributed by atoms with E-state index in [1.54, 1.807) is 7.05 Å². The Labute approximate surface area is 212 Å². The number of benzene rings is 2. The molecule has 2 heterocycles. The highest BCUT2D eigenvalue weighted by atomic mass is 127. The topological polar surface area (TPSA) is 58.7 Å². The lowest BCUT2D eigenvalue weighted by Crippen LogP contribution is -2.43. The second-order valence-electron chi connectivity index (χ2n) is 8.50. The van der Waals surface area contributed by atoms with Gasteiger partial charge in [-0.15, -0.1) is 24.0 Å². The summed E-state index contributed by atoms with van der Waals surface area (Å²) in [5.41, 5.74) is 4.59. The Morgan fingerprint density at radius 2 is 1.76 bits per heavy atom. The van der Waals surface area contributed by atoms with Crippen LogP contribution in [0.25, 0.3) is 10.9 Å². The van der Waals surface area contributed by atoms with Gasteiger partial charge >= 0.3 is 0 Å². The van der Waals surface area contributed by atoms with Crippen molar-refractivity contribution in [3.05, 3.63) is 71.2 Å². The summed E-state index contributed by atoms with van der Waals surface area (Å²) in [6.45, 7) is 7.05. The summed E-state index contributed by atoms with van der Waals surface area (Å²) < 4.78 is 13.4. The van der Waals surface area contributed by atoms with Crippen molar-refractivity contribution in [3.63, 3.8) is 0 Å². The van der Waals surface area contributed by atoms with Crippen molar-refractivity contribution in [1.29, 1.82) is 0 Å². The Bertz CT molecular complexity index is 1040. The van der Waals surface area contributed by atoms with Crippen LogP contribution in [0.15, 0.2) is 53.7 Å². The second kappa shape index (κ2) is 12.3. The fourth-order valence-electron chi connectivity index (χ4n) is 4.11. The van der Waals surface area contributed by atoms with Gasteiger partial charge in [0, 0.05) is 70.0 Å². The minimum Gasteiger partial charge on any atom is -0.361 e. The molecule has 3 N–H and O–H groups in total. The van der Waals surface area contributed by atoms with E-state index < -0.39 is 0 Å². The van der Waals surface area contributed by atoms with Crippen LogP contribution in [0.4, 0.5) is 4.39 Å². The average molecular weight is 564 g/mol. The predicted molar refractivity (Wildman–Crippen MR) is 145 cm³/mol. The molecule has 33 heavy (non-hydrogen) atoms. The zero-order valence-corrected chi connectivity index (χ0v) is 21.7. The van der Waals surface area contributed by atoms with E-state index in [-0.39, 0.29) is 29.8 Å². The number of fused-ring (bicyclic) bond motifs is 1. The van der Waals surface area contributed by atoms with Crippen LogP contribution in [0.2, 0.25) is 0 Å². The van der Waals surface area contributed by atoms with Crippen LogP contribution >= 0.6 is 24.0 Å². The van der Waals surface area contributed by atoms with Gasteiger partial charge in [0.2, 0.25) is 0 Å². The molecule has 1 aromatic heterocycles. The molecule has 1 fully saturated rings. The van der Waals surface area contributed by atoms with Crippen molar-refractivity contribution in [2.24, 2.45) is 4.99 Å². The first-order valence-corrected chi connectivity index (χ1v) is 11.3. The fraction of sp³-hybridized carbons (Fsp3) is 0.400. The SMILES string of the molecule is CN=C(NCCc1c[nH]c2cc(F)ccc12)NCc1ccc(CN2CCN(C)CC2)cc1.I. The van der Waals surface area contributed by atoms with Gasteiger partial charge in [0.05, 0.1) is 0 Å². The lowest BCUT2D eigenvalue weighted by Gasteiger charge is -2.32. The first kappa shape index (κ1) is 25.5. The second-order valence-corrected chi connectivity index (χ2v) is 8.50. The fourth-order valence-corrected chi connectivity index (χ4v) is 4.11. The van der Waals surface area contributed by atoms with Crippen LogP contribution in [0.3, 0.4) is 0 Å². The van der Waals surface area contributed by atoms with Crippen LogP contribution in [-0.2, 0) is 19.5 Å². The molecular formula is C25H34FIN6. The standard InChI is InChI=1S/C25H33FN6.HI/c1-27-25(28-10-9-21-17-29-24-15-22(26)7-8-23(21)24)30-16-19-3-5-20(6-4-19)18-32-13-11-31(2)12-14-32;/h3-8,15,17,29H,9-14,16,18H2,1-2H3,(H2,27,28,30);1H. The number of hydrogen-bond donors (Lipinski definition) is 3. The lowest BCUT2D eigenvalue weighted by atomic mass is 10.1. The minimum atomic E-state index is -0.221. The molecule has 6 nitrogen and oxygen atoms in total. The van der Waals surface area contributed by atoms with E-state index in [1.165, 1.54) is 28.8 Å². The molecule has 1 aliphatic heterocycles. The number of hydrogen-bond acceptors (Lipinski definition) is 3. The zero-order chi connectivity index (χ0) is 22.3. The van der Waals surface area contributed by atoms with Gasteiger partial charge in [0.25, 0.3) is 0 Å². The van der Waals surface area contributed by atoms with Crippen molar-refractivity contribution >= 4 is 40.8 Å². The summed E-state index contributed by atoms with van der Waals surface area (Å²) in [5.74, 6) is 0.554. The van der Waals surface area contributed by atoms with Gasteiger partial charge in [-0.25, -0.2) is 4.39 Å². The number of guanidine groups is 1. The van der Waals surface area contributed by atoms with E-state index in [1.807, 2.05) is 12.3 Å². The molecule has 0 saturated carbocycles. The highest BCUT2D eigenvalue weighted by molar-refractivity contribution is 14.0. The van der Waals surface area contributed by atoms with Crippen molar-refractivity contribution in [3.8, 4) is 0 Å². The van der Waals surface area contributed by atoms with Crippen LogP contribution < -0.4 is 10.6 Å². The molecule has 0 atom stereocenters. The zero-order valence-electron chi connectivity index (χ0n) is 19.4. The van der Waals surface area contributed by atoms with Gasteiger partial charge in [0.15, 0.2) is 5.96 Å². The van der Waals surface area contributed by atoms with Crippen LogP contribution in [0, 0.1) is 5.82 Å². The normalized spacial score (nSPS) is 15.4. The molecule has 0 unspecified atom stereocenters. The molecule has 1 aliphatic rings. The number of nitrogens with zero attached hydrogens (tertiary/aromatic N) is 3. The molecule has 3 aromatic rings. The lowest BCUT2D eigenvalue weighted by molar-refractivity contribution is 0.148. The molecule has 0 spiro atoms. The Morgan fingerprint density at radius 3 is 2.48 bits per heavy atom. The molecule has 0 aliphatic carbocycles. The van der Waals surface area contributed by atoms with Crippen LogP contribution in [0.1, 0.15) is 16.7 Å². The Morgan fingerprint density at radius 1 is 1.03 bits per heavy atom. The summed E-state index contributed by atoms with van der Waals surface area (Å²) in [7, 11) is 3.97. The number of halogens is 2. The highest BCUT2D eigenvalue weighted by Gasteiger charge is 2.13. The first-order valence-electron chi connectivity index (χ1n) is 11.3. The van der Waals surface area contributed by atoms with Gasteiger partial charge in [0.1, 0.15) is 5.82 Å². The molecule has 0 radical (unpaired) electrons. The van der Waals surface area contributed by atoms with Gasteiger partial charge in [-0.05, 0) is 48.4 Å². The summed E-state index contributed by atoms with van der Waals surface area (Å²) in [6.07, 6.45) is 2.78. The van der Waals surface area contributed by atoms with E-state index >= 15 is 0 Å². The molecule has 1 saturated heterocycles. The number of aromatic amines is 1. The largest absolute Gasteiger partial charge is 0.361 e. The number of H-pyrrole nitrogens is 1. The molecular weight excluding hydrogens is 530 g/mol. The molecule has 0 amide bonds.